The predicted molar refractivity (Wildman–Crippen MR) is 115 cm³/mol. The van der Waals surface area contributed by atoms with E-state index < -0.39 is 6.23 Å². The lowest BCUT2D eigenvalue weighted by Gasteiger charge is -2.36. The van der Waals surface area contributed by atoms with Crippen molar-refractivity contribution >= 4 is 17.5 Å². The van der Waals surface area contributed by atoms with Crippen LogP contribution in [0.5, 0.6) is 0 Å². The van der Waals surface area contributed by atoms with Gasteiger partial charge in [0.15, 0.2) is 0 Å². The highest BCUT2D eigenvalue weighted by Gasteiger charge is 2.34. The molecule has 0 spiro atoms. The summed E-state index contributed by atoms with van der Waals surface area (Å²) >= 11 is 6.00. The summed E-state index contributed by atoms with van der Waals surface area (Å²) in [6.45, 7) is 3.52. The van der Waals surface area contributed by atoms with E-state index >= 15 is 0 Å². The maximum absolute atomic E-state index is 13.1. The van der Waals surface area contributed by atoms with Crippen molar-refractivity contribution in [2.75, 3.05) is 33.9 Å². The van der Waals surface area contributed by atoms with Crippen molar-refractivity contribution in [1.29, 1.82) is 0 Å². The summed E-state index contributed by atoms with van der Waals surface area (Å²) < 4.78 is 1.88. The monoisotopic (exact) mass is 419 g/mol. The van der Waals surface area contributed by atoms with E-state index in [0.29, 0.717) is 23.9 Å². The fourth-order valence-corrected chi connectivity index (χ4v) is 3.80. The number of hydrogen-bond donors (Lipinski definition) is 2. The lowest BCUT2D eigenvalue weighted by atomic mass is 10.1. The Morgan fingerprint density at radius 1 is 1.38 bits per heavy atom. The van der Waals surface area contributed by atoms with Crippen LogP contribution >= 0.6 is 11.6 Å². The van der Waals surface area contributed by atoms with E-state index in [1.165, 1.54) is 0 Å². The number of nitrogens with zero attached hydrogens (tertiary/aromatic N) is 4. The number of carbonyl (C=O) groups excluding carboxylic acids is 1. The molecule has 0 aliphatic carbocycles. The molecule has 0 saturated carbocycles. The quantitative estimate of drug-likeness (QED) is 0.611. The molecule has 1 aromatic heterocycles. The Labute approximate surface area is 177 Å². The van der Waals surface area contributed by atoms with Crippen molar-refractivity contribution in [2.45, 2.75) is 38.5 Å². The fraction of sp³-hybridized carbons (Fsp3) is 0.524. The van der Waals surface area contributed by atoms with E-state index in [1.54, 1.807) is 9.80 Å². The smallest absolute Gasteiger partial charge is 0.272 e. The van der Waals surface area contributed by atoms with Crippen molar-refractivity contribution in [1.82, 2.24) is 24.9 Å². The Balaban J connectivity index is 1.87. The second-order valence-electron chi connectivity index (χ2n) is 7.62. The van der Waals surface area contributed by atoms with Crippen LogP contribution in [0.1, 0.15) is 42.7 Å². The normalized spacial score (nSPS) is 17.7. The summed E-state index contributed by atoms with van der Waals surface area (Å²) in [6.07, 6.45) is 2.35. The zero-order valence-corrected chi connectivity index (χ0v) is 18.1. The molecule has 2 unspecified atom stereocenters. The number of aromatic nitrogens is 2. The van der Waals surface area contributed by atoms with Gasteiger partial charge < -0.3 is 15.3 Å². The summed E-state index contributed by atoms with van der Waals surface area (Å²) in [7, 11) is 3.65. The van der Waals surface area contributed by atoms with Gasteiger partial charge in [-0.1, -0.05) is 43.5 Å². The van der Waals surface area contributed by atoms with E-state index in [1.807, 2.05) is 49.1 Å². The topological polar surface area (TPSA) is 73.6 Å². The third-order valence-electron chi connectivity index (χ3n) is 5.35. The first-order chi connectivity index (χ1) is 13.9. The van der Waals surface area contributed by atoms with Crippen molar-refractivity contribution in [3.8, 4) is 11.3 Å². The van der Waals surface area contributed by atoms with Gasteiger partial charge in [-0.05, 0) is 38.7 Å². The first-order valence-electron chi connectivity index (χ1n) is 10.1. The number of halogens is 1. The van der Waals surface area contributed by atoms with Crippen LogP contribution in [0.3, 0.4) is 0 Å². The Morgan fingerprint density at radius 2 is 2.10 bits per heavy atom. The summed E-state index contributed by atoms with van der Waals surface area (Å²) in [4.78, 5) is 16.7. The Hall–Kier alpha value is -1.93. The van der Waals surface area contributed by atoms with Gasteiger partial charge in [0.05, 0.1) is 18.3 Å². The first-order valence-corrected chi connectivity index (χ1v) is 10.5. The first kappa shape index (κ1) is 21.8. The maximum Gasteiger partial charge on any atom is 0.272 e. The lowest BCUT2D eigenvalue weighted by Crippen LogP contribution is -2.50. The zero-order valence-electron chi connectivity index (χ0n) is 17.3. The number of amides is 1. The molecule has 2 heterocycles. The van der Waals surface area contributed by atoms with E-state index in [-0.39, 0.29) is 18.5 Å². The van der Waals surface area contributed by atoms with Gasteiger partial charge in [-0.15, -0.1) is 0 Å². The van der Waals surface area contributed by atoms with Gasteiger partial charge in [0.2, 0.25) is 0 Å². The SMILES string of the molecule is CCCCC1CN(CC(O)N(C)CNC)C(=O)c2cc(-c3ccc(Cl)cc3)nn21. The van der Waals surface area contributed by atoms with Crippen LogP contribution in [-0.2, 0) is 0 Å². The second-order valence-corrected chi connectivity index (χ2v) is 8.06. The molecule has 158 valence electrons. The largest absolute Gasteiger partial charge is 0.376 e. The minimum atomic E-state index is -0.733. The summed E-state index contributed by atoms with van der Waals surface area (Å²) in [6, 6.07) is 9.43. The summed E-state index contributed by atoms with van der Waals surface area (Å²) in [5.41, 5.74) is 2.27. The number of likely N-dealkylation sites (N-methyl/N-ethyl adjacent to an activating group) is 1. The predicted octanol–water partition coefficient (Wildman–Crippen LogP) is 2.82. The number of unbranched alkanes of at least 4 members (excludes halogenated alkanes) is 1. The van der Waals surface area contributed by atoms with E-state index in [4.69, 9.17) is 16.7 Å². The van der Waals surface area contributed by atoms with Gasteiger partial charge in [0.1, 0.15) is 11.9 Å². The van der Waals surface area contributed by atoms with Crippen molar-refractivity contribution in [2.24, 2.45) is 0 Å². The molecular formula is C21H30ClN5O2. The minimum Gasteiger partial charge on any atom is -0.376 e. The molecule has 3 rings (SSSR count). The number of hydrogen-bond acceptors (Lipinski definition) is 5. The molecule has 1 aromatic carbocycles. The number of rotatable bonds is 9. The van der Waals surface area contributed by atoms with Crippen molar-refractivity contribution < 1.29 is 9.90 Å². The molecule has 8 heteroatoms. The molecule has 0 radical (unpaired) electrons. The standard InChI is InChI=1S/C21H30ClN5O2/c1-4-5-6-17-12-26(13-20(28)25(3)14-23-2)21(29)19-11-18(24-27(17)19)15-7-9-16(22)10-8-15/h7-11,17,20,23,28H,4-6,12-14H2,1-3H3. The Kier molecular flexibility index (Phi) is 7.29. The number of aliphatic hydroxyl groups is 1. The number of carbonyl (C=O) groups is 1. The van der Waals surface area contributed by atoms with Gasteiger partial charge in [0, 0.05) is 23.8 Å². The van der Waals surface area contributed by atoms with Gasteiger partial charge in [-0.2, -0.15) is 5.10 Å². The molecular weight excluding hydrogens is 390 g/mol. The minimum absolute atomic E-state index is 0.0950. The molecule has 2 N–H and O–H groups in total. The maximum atomic E-state index is 13.1. The molecule has 2 atom stereocenters. The van der Waals surface area contributed by atoms with E-state index in [0.717, 1.165) is 30.5 Å². The average Bonchev–Trinajstić information content (AvgIpc) is 3.15. The van der Waals surface area contributed by atoms with Crippen LogP contribution in [0, 0.1) is 0 Å². The molecule has 1 amide bonds. The average molecular weight is 420 g/mol. The molecule has 2 aromatic rings. The number of benzene rings is 1. The van der Waals surface area contributed by atoms with E-state index in [2.05, 4.69) is 12.2 Å². The Morgan fingerprint density at radius 3 is 2.76 bits per heavy atom. The highest BCUT2D eigenvalue weighted by molar-refractivity contribution is 6.30. The number of aliphatic hydroxyl groups excluding tert-OH is 1. The summed E-state index contributed by atoms with van der Waals surface area (Å²) in [5, 5.41) is 18.9. The molecule has 0 bridgehead atoms. The van der Waals surface area contributed by atoms with Gasteiger partial charge >= 0.3 is 0 Å². The molecule has 7 nitrogen and oxygen atoms in total. The van der Waals surface area contributed by atoms with Gasteiger partial charge in [-0.3, -0.25) is 14.4 Å². The third-order valence-corrected chi connectivity index (χ3v) is 5.60. The highest BCUT2D eigenvalue weighted by atomic mass is 35.5. The van der Waals surface area contributed by atoms with Crippen molar-refractivity contribution in [3.63, 3.8) is 0 Å². The lowest BCUT2D eigenvalue weighted by molar-refractivity contribution is -0.0119. The second kappa shape index (κ2) is 9.71. The summed E-state index contributed by atoms with van der Waals surface area (Å²) in [5.74, 6) is -0.0950. The van der Waals surface area contributed by atoms with Crippen LogP contribution in [0.25, 0.3) is 11.3 Å². The van der Waals surface area contributed by atoms with Gasteiger partial charge in [0.25, 0.3) is 5.91 Å². The molecule has 29 heavy (non-hydrogen) atoms. The van der Waals surface area contributed by atoms with E-state index in [9.17, 15) is 9.90 Å². The number of β-amino-alcohol motifs (C(OH)–C–C–N with tert-alkyl or cyclic N) is 1. The van der Waals surface area contributed by atoms with Crippen LogP contribution in [0.15, 0.2) is 30.3 Å². The van der Waals surface area contributed by atoms with Crippen LogP contribution in [-0.4, -0.2) is 70.7 Å². The molecule has 0 saturated heterocycles. The van der Waals surface area contributed by atoms with Crippen LogP contribution in [0.2, 0.25) is 5.02 Å². The number of fused-ring (bicyclic) bond motifs is 1. The van der Waals surface area contributed by atoms with Crippen LogP contribution < -0.4 is 5.32 Å². The van der Waals surface area contributed by atoms with Crippen molar-refractivity contribution in [3.05, 3.63) is 41.0 Å². The fourth-order valence-electron chi connectivity index (χ4n) is 3.67. The molecule has 1 aliphatic heterocycles. The van der Waals surface area contributed by atoms with Gasteiger partial charge in [-0.25, -0.2) is 0 Å². The third kappa shape index (κ3) is 4.98. The molecule has 0 fully saturated rings. The Bertz CT molecular complexity index is 823. The number of nitrogens with one attached hydrogen (secondary N) is 1. The molecule has 1 aliphatic rings. The highest BCUT2D eigenvalue weighted by Crippen LogP contribution is 2.29. The zero-order chi connectivity index (χ0) is 21.0. The van der Waals surface area contributed by atoms with Crippen LogP contribution in [0.4, 0.5) is 0 Å².